The van der Waals surface area contributed by atoms with E-state index in [-0.39, 0.29) is 0 Å². The molecule has 6 heteroatoms. The second-order valence-electron chi connectivity index (χ2n) is 7.07. The summed E-state index contributed by atoms with van der Waals surface area (Å²) in [6, 6.07) is 0. The van der Waals surface area contributed by atoms with Crippen molar-refractivity contribution in [3.8, 4) is 0 Å². The van der Waals surface area contributed by atoms with Crippen LogP contribution in [0.1, 0.15) is 0 Å². The Hall–Kier alpha value is 0.788. The number of hydrogen-bond acceptors (Lipinski definition) is 2. The molecule has 0 radical (unpaired) electrons. The first-order valence-corrected chi connectivity index (χ1v) is 16.5. The van der Waals surface area contributed by atoms with Gasteiger partial charge in [-0.2, -0.15) is 0 Å². The fourth-order valence-electron chi connectivity index (χ4n) is 2.85. The van der Waals surface area contributed by atoms with Crippen LogP contribution in [0.2, 0.25) is 52.4 Å². The van der Waals surface area contributed by atoms with Gasteiger partial charge in [0.1, 0.15) is 16.5 Å². The van der Waals surface area contributed by atoms with Crippen LogP contribution in [0.25, 0.3) is 0 Å². The fourth-order valence-corrected chi connectivity index (χ4v) is 27.4. The van der Waals surface area contributed by atoms with Crippen LogP contribution in [0.5, 0.6) is 0 Å². The van der Waals surface area contributed by atoms with Gasteiger partial charge in [0.05, 0.1) is 10.4 Å². The van der Waals surface area contributed by atoms with Crippen LogP contribution in [-0.4, -0.2) is 50.4 Å². The van der Waals surface area contributed by atoms with Crippen molar-refractivity contribution in [1.29, 1.82) is 0 Å². The van der Waals surface area contributed by atoms with E-state index < -0.39 is 24.9 Å². The molecule has 0 aromatic heterocycles. The van der Waals surface area contributed by atoms with E-state index in [2.05, 4.69) is 67.6 Å². The zero-order chi connectivity index (χ0) is 12.7. The molecule has 0 amide bonds. The van der Waals surface area contributed by atoms with Crippen molar-refractivity contribution in [2.75, 3.05) is 7.05 Å². The fraction of sp³-hybridized carbons (Fsp3) is 1.00. The topological polar surface area (TPSA) is 6.48 Å². The monoisotopic (exact) mass is 278 g/mol. The summed E-state index contributed by atoms with van der Waals surface area (Å²) in [5, 5.41) is 0. The van der Waals surface area contributed by atoms with E-state index in [1.165, 1.54) is 10.4 Å². The maximum atomic E-state index is 3.01. The van der Waals surface area contributed by atoms with E-state index in [0.29, 0.717) is 0 Å². The molecule has 0 fully saturated rings. The highest BCUT2D eigenvalue weighted by atomic mass is 28.5. The lowest BCUT2D eigenvalue weighted by Gasteiger charge is -2.55. The summed E-state index contributed by atoms with van der Waals surface area (Å²) >= 11 is 0. The maximum Gasteiger partial charge on any atom is 0.179 e. The lowest BCUT2D eigenvalue weighted by molar-refractivity contribution is 0.711. The Balaban J connectivity index is 5.33. The van der Waals surface area contributed by atoms with E-state index in [1.54, 1.807) is 0 Å². The van der Waals surface area contributed by atoms with E-state index >= 15 is 0 Å². The van der Waals surface area contributed by atoms with Gasteiger partial charge in [-0.25, -0.2) is 0 Å². The van der Waals surface area contributed by atoms with E-state index in [4.69, 9.17) is 0 Å². The maximum absolute atomic E-state index is 3.01. The predicted octanol–water partition coefficient (Wildman–Crippen LogP) is 1.87. The molecule has 0 saturated heterocycles. The lowest BCUT2D eigenvalue weighted by Crippen LogP contribution is -2.74. The minimum absolute atomic E-state index is 1.18. The summed E-state index contributed by atoms with van der Waals surface area (Å²) in [4.78, 5) is 0. The third-order valence-corrected chi connectivity index (χ3v) is 23.6. The Morgan fingerprint density at radius 1 is 0.733 bits per heavy atom. The summed E-state index contributed by atoms with van der Waals surface area (Å²) in [6.45, 7) is 20.1. The molecule has 0 spiro atoms. The van der Waals surface area contributed by atoms with Crippen molar-refractivity contribution >= 4 is 35.3 Å². The molecule has 0 aliphatic carbocycles. The first-order chi connectivity index (χ1) is 6.31. The van der Waals surface area contributed by atoms with Crippen LogP contribution in [-0.2, 0) is 0 Å². The highest BCUT2D eigenvalue weighted by Gasteiger charge is 2.45. The Morgan fingerprint density at radius 3 is 1.07 bits per heavy atom. The molecule has 0 aromatic rings. The number of hydrogen-bond donors (Lipinski definition) is 0. The molecular weight excluding hydrogens is 248 g/mol. The molecule has 2 nitrogen and oxygen atoms in total. The van der Waals surface area contributed by atoms with Gasteiger partial charge >= 0.3 is 0 Å². The van der Waals surface area contributed by atoms with E-state index in [0.717, 1.165) is 0 Å². The zero-order valence-corrected chi connectivity index (χ0v) is 17.4. The molecule has 0 aliphatic rings. The summed E-state index contributed by atoms with van der Waals surface area (Å²) < 4.78 is 5.64. The predicted molar refractivity (Wildman–Crippen MR) is 83.7 cm³/mol. The Kier molecular flexibility index (Phi) is 4.82. The molecule has 92 valence electrons. The smallest absolute Gasteiger partial charge is 0.179 e. The van der Waals surface area contributed by atoms with Gasteiger partial charge in [-0.05, 0) is 20.1 Å². The summed E-state index contributed by atoms with van der Waals surface area (Å²) in [6.07, 6.45) is 0. The number of nitrogens with zero attached hydrogens (tertiary/aromatic N) is 2. The van der Waals surface area contributed by atoms with Gasteiger partial charge in [0.15, 0.2) is 8.40 Å². The van der Waals surface area contributed by atoms with Crippen molar-refractivity contribution in [3.05, 3.63) is 0 Å². The molecule has 0 rings (SSSR count). The third kappa shape index (κ3) is 3.94. The highest BCUT2D eigenvalue weighted by Crippen LogP contribution is 2.27. The third-order valence-electron chi connectivity index (χ3n) is 2.98. The SMILES string of the molecule is CN([SiH3])[Si](C)(C)N([Si](C)(C)C)[Si](C)(C)C. The molecule has 0 saturated carbocycles. The van der Waals surface area contributed by atoms with Crippen LogP contribution in [0.15, 0.2) is 0 Å². The van der Waals surface area contributed by atoms with Crippen molar-refractivity contribution in [1.82, 2.24) is 8.13 Å². The van der Waals surface area contributed by atoms with E-state index in [1.807, 2.05) is 0 Å². The molecule has 0 unspecified atom stereocenters. The van der Waals surface area contributed by atoms with Crippen molar-refractivity contribution in [2.45, 2.75) is 52.4 Å². The van der Waals surface area contributed by atoms with Gasteiger partial charge in [0, 0.05) is 0 Å². The van der Waals surface area contributed by atoms with Crippen molar-refractivity contribution in [2.24, 2.45) is 0 Å². The normalized spacial score (nSPS) is 15.4. The van der Waals surface area contributed by atoms with Crippen LogP contribution in [0.3, 0.4) is 0 Å². The molecule has 15 heavy (non-hydrogen) atoms. The first kappa shape index (κ1) is 15.8. The second kappa shape index (κ2) is 4.58. The molecule has 0 N–H and O–H groups in total. The minimum Gasteiger partial charge on any atom is -0.357 e. The average molecular weight is 279 g/mol. The molecule has 0 aromatic carbocycles. The zero-order valence-electron chi connectivity index (χ0n) is 12.4. The van der Waals surface area contributed by atoms with Gasteiger partial charge in [-0.3, -0.25) is 0 Å². The molecule has 0 heterocycles. The molecule has 0 atom stereocenters. The number of rotatable bonds is 4. The average Bonchev–Trinajstić information content (AvgIpc) is 1.76. The second-order valence-corrected chi connectivity index (χ2v) is 24.6. The Morgan fingerprint density at radius 2 is 1.00 bits per heavy atom. The lowest BCUT2D eigenvalue weighted by atomic mass is 11.6. The van der Waals surface area contributed by atoms with Crippen LogP contribution >= 0.6 is 0 Å². The van der Waals surface area contributed by atoms with Gasteiger partial charge in [-0.1, -0.05) is 39.3 Å². The highest BCUT2D eigenvalue weighted by molar-refractivity contribution is 7.03. The van der Waals surface area contributed by atoms with Gasteiger partial charge < -0.3 is 8.13 Å². The van der Waals surface area contributed by atoms with Gasteiger partial charge in [0.2, 0.25) is 0 Å². The van der Waals surface area contributed by atoms with Crippen molar-refractivity contribution in [3.63, 3.8) is 0 Å². The molecular formula is C9H30N2Si4. The van der Waals surface area contributed by atoms with Crippen LogP contribution < -0.4 is 0 Å². The molecule has 0 bridgehead atoms. The summed E-state index contributed by atoms with van der Waals surface area (Å²) in [5.41, 5.74) is 0. The van der Waals surface area contributed by atoms with Gasteiger partial charge in [-0.15, -0.1) is 0 Å². The van der Waals surface area contributed by atoms with Crippen LogP contribution in [0.4, 0.5) is 0 Å². The minimum atomic E-state index is -1.33. The van der Waals surface area contributed by atoms with Gasteiger partial charge in [0.25, 0.3) is 0 Å². The van der Waals surface area contributed by atoms with E-state index in [9.17, 15) is 0 Å². The molecule has 0 aliphatic heterocycles. The summed E-state index contributed by atoms with van der Waals surface area (Å²) in [7, 11) is -0.193. The standard InChI is InChI=1S/C9H30N2Si4/c1-10(12)15(8,9)11(13(2,3)4)14(5,6)7/h1-9,12H3. The summed E-state index contributed by atoms with van der Waals surface area (Å²) in [5.74, 6) is 0. The first-order valence-electron chi connectivity index (χ1n) is 5.79. The largest absolute Gasteiger partial charge is 0.357 e. The van der Waals surface area contributed by atoms with Crippen LogP contribution in [0, 0.1) is 0 Å². The Labute approximate surface area is 103 Å². The van der Waals surface area contributed by atoms with Crippen molar-refractivity contribution < 1.29 is 0 Å². The quantitative estimate of drug-likeness (QED) is 0.725. The Bertz CT molecular complexity index is 201.